The van der Waals surface area contributed by atoms with Crippen molar-refractivity contribution in [2.75, 3.05) is 18.8 Å². The van der Waals surface area contributed by atoms with E-state index in [2.05, 4.69) is 0 Å². The van der Waals surface area contributed by atoms with E-state index in [1.165, 1.54) is 35.2 Å². The van der Waals surface area contributed by atoms with Crippen LogP contribution in [0.2, 0.25) is 0 Å². The number of benzene rings is 2. The quantitative estimate of drug-likeness (QED) is 0.262. The van der Waals surface area contributed by atoms with Crippen molar-refractivity contribution in [2.45, 2.75) is 30.8 Å². The molecule has 1 fully saturated rings. The fourth-order valence-electron chi connectivity index (χ4n) is 4.25. The van der Waals surface area contributed by atoms with Gasteiger partial charge < -0.3 is 4.90 Å². The fourth-order valence-corrected chi connectivity index (χ4v) is 6.16. The number of thiophene rings is 1. The van der Waals surface area contributed by atoms with E-state index in [0.29, 0.717) is 21.1 Å². The molecule has 0 spiro atoms. The van der Waals surface area contributed by atoms with Gasteiger partial charge in [0.05, 0.1) is 16.8 Å². The smallest absolute Gasteiger partial charge is 0.268 e. The van der Waals surface area contributed by atoms with Crippen LogP contribution < -0.4 is 5.56 Å². The molecule has 0 saturated carbocycles. The van der Waals surface area contributed by atoms with Crippen molar-refractivity contribution in [3.8, 4) is 16.8 Å². The lowest BCUT2D eigenvalue weighted by molar-refractivity contribution is -0.128. The van der Waals surface area contributed by atoms with Crippen molar-refractivity contribution in [3.05, 3.63) is 76.1 Å². The number of thioether (sulfide) groups is 1. The van der Waals surface area contributed by atoms with Crippen molar-refractivity contribution in [2.24, 2.45) is 0 Å². The lowest BCUT2D eigenvalue weighted by atomic mass is 10.1. The summed E-state index contributed by atoms with van der Waals surface area (Å²) in [6.45, 7) is 1.59. The van der Waals surface area contributed by atoms with Crippen LogP contribution in [-0.4, -0.2) is 39.2 Å². The first-order chi connectivity index (χ1) is 16.6. The first-order valence-electron chi connectivity index (χ1n) is 11.4. The average Bonchev–Trinajstić information content (AvgIpc) is 3.09. The van der Waals surface area contributed by atoms with Gasteiger partial charge in [0, 0.05) is 24.0 Å². The maximum atomic E-state index is 13.8. The van der Waals surface area contributed by atoms with Gasteiger partial charge in [0.25, 0.3) is 5.56 Å². The molecule has 1 aliphatic rings. The highest BCUT2D eigenvalue weighted by molar-refractivity contribution is 7.99. The van der Waals surface area contributed by atoms with E-state index in [0.717, 1.165) is 49.9 Å². The Morgan fingerprint density at radius 1 is 1.00 bits per heavy atom. The second-order valence-corrected chi connectivity index (χ2v) is 10.1. The van der Waals surface area contributed by atoms with Crippen LogP contribution in [0.4, 0.5) is 4.39 Å². The molecule has 1 aliphatic heterocycles. The molecule has 1 saturated heterocycles. The van der Waals surface area contributed by atoms with Crippen LogP contribution in [-0.2, 0) is 4.79 Å². The number of nitrogens with zero attached hydrogens (tertiary/aromatic N) is 3. The molecule has 0 unspecified atom stereocenters. The van der Waals surface area contributed by atoms with Gasteiger partial charge in [-0.3, -0.25) is 14.2 Å². The molecule has 3 heterocycles. The monoisotopic (exact) mass is 493 g/mol. The van der Waals surface area contributed by atoms with E-state index in [1.54, 1.807) is 16.7 Å². The standard InChI is InChI=1S/C26H24FN3O2S2/c27-19-12-10-18(11-13-19)21-16-33-24-23(21)25(32)30(20-8-4-3-5-9-20)26(28-24)34-17-22(31)29-14-6-1-2-7-15-29/h3-5,8-13,16H,1-2,6-7,14-15,17H2. The Bertz CT molecular complexity index is 1360. The SMILES string of the molecule is O=C(CSc1nc2scc(-c3ccc(F)cc3)c2c(=O)n1-c1ccccc1)N1CCCCCC1. The van der Waals surface area contributed by atoms with Crippen molar-refractivity contribution in [3.63, 3.8) is 0 Å². The minimum absolute atomic E-state index is 0.0824. The zero-order valence-electron chi connectivity index (χ0n) is 18.6. The maximum Gasteiger partial charge on any atom is 0.268 e. The molecular weight excluding hydrogens is 469 g/mol. The highest BCUT2D eigenvalue weighted by Crippen LogP contribution is 2.33. The Balaban J connectivity index is 1.55. The molecule has 174 valence electrons. The fraction of sp³-hybridized carbons (Fsp3) is 0.269. The van der Waals surface area contributed by atoms with Gasteiger partial charge >= 0.3 is 0 Å². The minimum Gasteiger partial charge on any atom is -0.342 e. The number of likely N-dealkylation sites (tertiary alicyclic amines) is 1. The third-order valence-corrected chi connectivity index (χ3v) is 7.83. The van der Waals surface area contributed by atoms with E-state index in [4.69, 9.17) is 4.98 Å². The number of para-hydroxylation sites is 1. The summed E-state index contributed by atoms with van der Waals surface area (Å²) in [4.78, 5) is 34.1. The zero-order chi connectivity index (χ0) is 23.5. The van der Waals surface area contributed by atoms with Crippen LogP contribution in [0, 0.1) is 5.82 Å². The van der Waals surface area contributed by atoms with Crippen molar-refractivity contribution >= 4 is 39.2 Å². The number of amides is 1. The third-order valence-electron chi connectivity index (χ3n) is 6.03. The Kier molecular flexibility index (Phi) is 6.78. The van der Waals surface area contributed by atoms with Crippen LogP contribution in [0.3, 0.4) is 0 Å². The van der Waals surface area contributed by atoms with Crippen LogP contribution in [0.15, 0.2) is 69.9 Å². The van der Waals surface area contributed by atoms with Gasteiger partial charge in [-0.15, -0.1) is 11.3 Å². The van der Waals surface area contributed by atoms with Gasteiger partial charge in [-0.1, -0.05) is 54.9 Å². The number of rotatable bonds is 5. The Hall–Kier alpha value is -2.97. The number of carbonyl (C=O) groups excluding carboxylic acids is 1. The average molecular weight is 494 g/mol. The van der Waals surface area contributed by atoms with Gasteiger partial charge in [-0.2, -0.15) is 0 Å². The molecule has 2 aromatic heterocycles. The molecule has 0 radical (unpaired) electrons. The Labute approximate surface area is 205 Å². The highest BCUT2D eigenvalue weighted by Gasteiger charge is 2.21. The highest BCUT2D eigenvalue weighted by atomic mass is 32.2. The predicted octanol–water partition coefficient (Wildman–Crippen LogP) is 5.75. The summed E-state index contributed by atoms with van der Waals surface area (Å²) in [7, 11) is 0. The summed E-state index contributed by atoms with van der Waals surface area (Å²) in [6.07, 6.45) is 4.41. The molecule has 4 aromatic rings. The van der Waals surface area contributed by atoms with E-state index in [1.807, 2.05) is 40.6 Å². The van der Waals surface area contributed by atoms with Crippen LogP contribution in [0.1, 0.15) is 25.7 Å². The number of fused-ring (bicyclic) bond motifs is 1. The molecule has 2 aromatic carbocycles. The summed E-state index contributed by atoms with van der Waals surface area (Å²) in [5.74, 6) is -0.00375. The number of hydrogen-bond donors (Lipinski definition) is 0. The lowest BCUT2D eigenvalue weighted by Gasteiger charge is -2.20. The first kappa shape index (κ1) is 22.8. The maximum absolute atomic E-state index is 13.8. The number of hydrogen-bond acceptors (Lipinski definition) is 5. The molecule has 0 aliphatic carbocycles. The van der Waals surface area contributed by atoms with Gasteiger partial charge in [0.1, 0.15) is 10.6 Å². The van der Waals surface area contributed by atoms with Crippen LogP contribution in [0.5, 0.6) is 0 Å². The number of aromatic nitrogens is 2. The normalized spacial score (nSPS) is 14.3. The topological polar surface area (TPSA) is 55.2 Å². The second-order valence-electron chi connectivity index (χ2n) is 8.29. The van der Waals surface area contributed by atoms with Crippen molar-refractivity contribution in [1.82, 2.24) is 14.5 Å². The first-order valence-corrected chi connectivity index (χ1v) is 13.2. The lowest BCUT2D eigenvalue weighted by Crippen LogP contribution is -2.33. The van der Waals surface area contributed by atoms with Gasteiger partial charge in [0.2, 0.25) is 5.91 Å². The summed E-state index contributed by atoms with van der Waals surface area (Å²) in [5, 5.41) is 2.89. The Morgan fingerprint density at radius 2 is 1.71 bits per heavy atom. The van der Waals surface area contributed by atoms with Gasteiger partial charge in [-0.05, 0) is 42.7 Å². The summed E-state index contributed by atoms with van der Waals surface area (Å²) >= 11 is 2.69. The van der Waals surface area contributed by atoms with E-state index in [-0.39, 0.29) is 23.0 Å². The molecule has 1 amide bonds. The molecule has 8 heteroatoms. The number of halogens is 1. The molecule has 5 rings (SSSR count). The predicted molar refractivity (Wildman–Crippen MR) is 136 cm³/mol. The summed E-state index contributed by atoms with van der Waals surface area (Å²) in [6, 6.07) is 15.5. The third kappa shape index (κ3) is 4.65. The molecule has 0 bridgehead atoms. The second kappa shape index (κ2) is 10.1. The van der Waals surface area contributed by atoms with Gasteiger partial charge in [-0.25, -0.2) is 9.37 Å². The summed E-state index contributed by atoms with van der Waals surface area (Å²) in [5.41, 5.74) is 2.01. The molecule has 5 nitrogen and oxygen atoms in total. The minimum atomic E-state index is -0.323. The van der Waals surface area contributed by atoms with Crippen molar-refractivity contribution < 1.29 is 9.18 Å². The van der Waals surface area contributed by atoms with Crippen LogP contribution >= 0.6 is 23.1 Å². The van der Waals surface area contributed by atoms with Crippen LogP contribution in [0.25, 0.3) is 27.0 Å². The molecular formula is C26H24FN3O2S2. The molecule has 34 heavy (non-hydrogen) atoms. The van der Waals surface area contributed by atoms with Gasteiger partial charge in [0.15, 0.2) is 5.16 Å². The van der Waals surface area contributed by atoms with E-state index >= 15 is 0 Å². The Morgan fingerprint density at radius 3 is 2.41 bits per heavy atom. The summed E-state index contributed by atoms with van der Waals surface area (Å²) < 4.78 is 15.0. The molecule has 0 atom stereocenters. The van der Waals surface area contributed by atoms with E-state index in [9.17, 15) is 14.0 Å². The number of carbonyl (C=O) groups is 1. The molecule has 0 N–H and O–H groups in total. The zero-order valence-corrected chi connectivity index (χ0v) is 20.2. The largest absolute Gasteiger partial charge is 0.342 e. The van der Waals surface area contributed by atoms with Crippen molar-refractivity contribution in [1.29, 1.82) is 0 Å². The van der Waals surface area contributed by atoms with E-state index < -0.39 is 0 Å².